The molecule has 1 aromatic carbocycles. The van der Waals surface area contributed by atoms with E-state index in [1.165, 1.54) is 19.3 Å². The third-order valence-corrected chi connectivity index (χ3v) is 5.00. The number of amides is 1. The highest BCUT2D eigenvalue weighted by atomic mass is 16.6. The highest BCUT2D eigenvalue weighted by molar-refractivity contribution is 5.78. The number of rotatable bonds is 4. The van der Waals surface area contributed by atoms with E-state index < -0.39 is 0 Å². The van der Waals surface area contributed by atoms with E-state index >= 15 is 0 Å². The van der Waals surface area contributed by atoms with Crippen LogP contribution in [0.2, 0.25) is 0 Å². The molecule has 0 atom stereocenters. The van der Waals surface area contributed by atoms with E-state index in [1.807, 2.05) is 12.1 Å². The lowest BCUT2D eigenvalue weighted by atomic mass is 9.83. The van der Waals surface area contributed by atoms with Gasteiger partial charge in [0, 0.05) is 17.9 Å². The number of ether oxygens (including phenoxy) is 2. The quantitative estimate of drug-likeness (QED) is 0.925. The van der Waals surface area contributed by atoms with Gasteiger partial charge < -0.3 is 14.8 Å². The summed E-state index contributed by atoms with van der Waals surface area (Å²) in [5, 5.41) is 3.16. The molecule has 0 saturated heterocycles. The Morgan fingerprint density at radius 3 is 2.57 bits per heavy atom. The molecule has 126 valence electrons. The van der Waals surface area contributed by atoms with Crippen LogP contribution in [-0.4, -0.2) is 25.7 Å². The van der Waals surface area contributed by atoms with Crippen LogP contribution in [0, 0.1) is 5.92 Å². The Morgan fingerprint density at radius 1 is 1.13 bits per heavy atom. The predicted molar refractivity (Wildman–Crippen MR) is 90.0 cm³/mol. The number of hydrogen-bond donors (Lipinski definition) is 1. The molecule has 1 amide bonds. The summed E-state index contributed by atoms with van der Waals surface area (Å²) in [4.78, 5) is 12.4. The van der Waals surface area contributed by atoms with Gasteiger partial charge in [-0.3, -0.25) is 4.79 Å². The molecule has 2 aliphatic rings. The first kappa shape index (κ1) is 16.2. The minimum Gasteiger partial charge on any atom is -0.486 e. The van der Waals surface area contributed by atoms with Crippen molar-refractivity contribution >= 4 is 5.91 Å². The lowest BCUT2D eigenvalue weighted by Gasteiger charge is -2.29. The second kappa shape index (κ2) is 6.81. The zero-order valence-corrected chi connectivity index (χ0v) is 14.2. The molecule has 1 aromatic rings. The Morgan fingerprint density at radius 2 is 1.83 bits per heavy atom. The molecule has 1 N–H and O–H groups in total. The van der Waals surface area contributed by atoms with Gasteiger partial charge in [-0.25, -0.2) is 0 Å². The lowest BCUT2D eigenvalue weighted by molar-refractivity contribution is -0.126. The largest absolute Gasteiger partial charge is 0.486 e. The summed E-state index contributed by atoms with van der Waals surface area (Å²) in [6, 6.07) is 6.08. The second-order valence-electron chi connectivity index (χ2n) is 7.30. The summed E-state index contributed by atoms with van der Waals surface area (Å²) in [6.45, 7) is 6.14. The molecule has 23 heavy (non-hydrogen) atoms. The van der Waals surface area contributed by atoms with Crippen LogP contribution in [0.15, 0.2) is 18.2 Å². The Bertz CT molecular complexity index is 562. The minimum atomic E-state index is -0.139. The fourth-order valence-electron chi connectivity index (χ4n) is 3.38. The van der Waals surface area contributed by atoms with E-state index in [0.29, 0.717) is 19.8 Å². The van der Waals surface area contributed by atoms with Gasteiger partial charge in [-0.05, 0) is 30.5 Å². The van der Waals surface area contributed by atoms with Gasteiger partial charge in [0.1, 0.15) is 13.2 Å². The molecule has 0 bridgehead atoms. The molecule has 1 aliphatic heterocycles. The average Bonchev–Trinajstić information content (AvgIpc) is 2.60. The minimum absolute atomic E-state index is 0.139. The van der Waals surface area contributed by atoms with E-state index in [1.54, 1.807) is 0 Å². The average molecular weight is 317 g/mol. The van der Waals surface area contributed by atoms with E-state index in [-0.39, 0.29) is 17.2 Å². The molecule has 0 unspecified atom stereocenters. The summed E-state index contributed by atoms with van der Waals surface area (Å²) >= 11 is 0. The van der Waals surface area contributed by atoms with Crippen LogP contribution in [0.3, 0.4) is 0 Å². The van der Waals surface area contributed by atoms with Crippen LogP contribution >= 0.6 is 0 Å². The summed E-state index contributed by atoms with van der Waals surface area (Å²) in [5.74, 6) is 2.04. The molecule has 1 saturated carbocycles. The number of carbonyl (C=O) groups excluding carboxylic acids is 1. The van der Waals surface area contributed by atoms with Crippen LogP contribution in [0.5, 0.6) is 11.5 Å². The first-order chi connectivity index (χ1) is 11.1. The van der Waals surface area contributed by atoms with Crippen molar-refractivity contribution in [2.75, 3.05) is 19.8 Å². The summed E-state index contributed by atoms with van der Waals surface area (Å²) in [5.41, 5.74) is 1.02. The number of benzene rings is 1. The summed E-state index contributed by atoms with van der Waals surface area (Å²) in [6.07, 6.45) is 5.71. The number of nitrogens with one attached hydrogen (secondary N) is 1. The fourth-order valence-corrected chi connectivity index (χ4v) is 3.38. The maximum Gasteiger partial charge on any atom is 0.223 e. The van der Waals surface area contributed by atoms with Gasteiger partial charge in [0.05, 0.1) is 0 Å². The smallest absolute Gasteiger partial charge is 0.223 e. The molecule has 4 heteroatoms. The third-order valence-electron chi connectivity index (χ3n) is 5.00. The van der Waals surface area contributed by atoms with E-state index in [4.69, 9.17) is 9.47 Å². The molecule has 1 heterocycles. The normalized spacial score (nSPS) is 18.5. The lowest BCUT2D eigenvalue weighted by Crippen LogP contribution is -2.40. The van der Waals surface area contributed by atoms with E-state index in [9.17, 15) is 4.79 Å². The molecule has 0 aromatic heterocycles. The molecule has 1 aliphatic carbocycles. The van der Waals surface area contributed by atoms with Gasteiger partial charge in [-0.15, -0.1) is 0 Å². The topological polar surface area (TPSA) is 47.6 Å². The van der Waals surface area contributed by atoms with E-state index in [2.05, 4.69) is 25.2 Å². The number of fused-ring (bicyclic) bond motifs is 1. The van der Waals surface area contributed by atoms with Gasteiger partial charge in [-0.2, -0.15) is 0 Å². The van der Waals surface area contributed by atoms with Crippen molar-refractivity contribution in [2.45, 2.75) is 51.4 Å². The van der Waals surface area contributed by atoms with Crippen LogP contribution in [0.1, 0.15) is 51.5 Å². The predicted octanol–water partition coefficient (Wildman–Crippen LogP) is 3.43. The Hall–Kier alpha value is -1.71. The van der Waals surface area contributed by atoms with Gasteiger partial charge in [0.2, 0.25) is 5.91 Å². The second-order valence-corrected chi connectivity index (χ2v) is 7.30. The number of hydrogen-bond acceptors (Lipinski definition) is 3. The van der Waals surface area contributed by atoms with Crippen molar-refractivity contribution in [3.05, 3.63) is 23.8 Å². The van der Waals surface area contributed by atoms with Crippen molar-refractivity contribution in [3.8, 4) is 11.5 Å². The monoisotopic (exact) mass is 317 g/mol. The Kier molecular flexibility index (Phi) is 4.79. The number of carbonyl (C=O) groups is 1. The van der Waals surface area contributed by atoms with Crippen molar-refractivity contribution in [3.63, 3.8) is 0 Å². The molecular formula is C19H27NO3. The van der Waals surface area contributed by atoms with Gasteiger partial charge in [-0.1, -0.05) is 39.2 Å². The van der Waals surface area contributed by atoms with Gasteiger partial charge in [0.25, 0.3) is 0 Å². The Labute approximate surface area is 138 Å². The van der Waals surface area contributed by atoms with E-state index in [0.717, 1.165) is 29.9 Å². The van der Waals surface area contributed by atoms with Gasteiger partial charge in [0.15, 0.2) is 11.5 Å². The zero-order valence-electron chi connectivity index (χ0n) is 14.2. The highest BCUT2D eigenvalue weighted by Gasteiger charge is 2.26. The van der Waals surface area contributed by atoms with Crippen LogP contribution in [-0.2, 0) is 10.2 Å². The third kappa shape index (κ3) is 3.80. The van der Waals surface area contributed by atoms with Crippen molar-refractivity contribution in [2.24, 2.45) is 5.92 Å². The molecule has 4 nitrogen and oxygen atoms in total. The van der Waals surface area contributed by atoms with Crippen LogP contribution in [0.4, 0.5) is 0 Å². The first-order valence-corrected chi connectivity index (χ1v) is 8.74. The summed E-state index contributed by atoms with van der Waals surface area (Å²) < 4.78 is 11.2. The maximum atomic E-state index is 12.4. The van der Waals surface area contributed by atoms with Crippen molar-refractivity contribution in [1.29, 1.82) is 0 Å². The molecule has 1 fully saturated rings. The highest BCUT2D eigenvalue weighted by Crippen LogP contribution is 2.35. The molecule has 0 radical (unpaired) electrons. The first-order valence-electron chi connectivity index (χ1n) is 8.74. The maximum absolute atomic E-state index is 12.4. The standard InChI is InChI=1S/C19H27NO3/c1-19(2,13-20-18(21)14-6-4-3-5-7-14)15-8-9-16-17(12-15)23-11-10-22-16/h8-9,12,14H,3-7,10-11,13H2,1-2H3,(H,20,21). The molecule has 0 spiro atoms. The van der Waals surface area contributed by atoms with Crippen LogP contribution < -0.4 is 14.8 Å². The molecule has 3 rings (SSSR count). The summed E-state index contributed by atoms with van der Waals surface area (Å²) in [7, 11) is 0. The van der Waals surface area contributed by atoms with Crippen molar-refractivity contribution in [1.82, 2.24) is 5.32 Å². The van der Waals surface area contributed by atoms with Crippen molar-refractivity contribution < 1.29 is 14.3 Å². The zero-order chi connectivity index (χ0) is 16.3. The Balaban J connectivity index is 1.63. The van der Waals surface area contributed by atoms with Gasteiger partial charge >= 0.3 is 0 Å². The fraction of sp³-hybridized carbons (Fsp3) is 0.632. The van der Waals surface area contributed by atoms with Crippen LogP contribution in [0.25, 0.3) is 0 Å². The molecular weight excluding hydrogens is 290 g/mol. The SMILES string of the molecule is CC(C)(CNC(=O)C1CCCCC1)c1ccc2c(c1)OCCO2.